The van der Waals surface area contributed by atoms with Crippen LogP contribution >= 0.6 is 11.5 Å². The highest BCUT2D eigenvalue weighted by Crippen LogP contribution is 2.19. The molecule has 1 N–H and O–H groups in total. The smallest absolute Gasteiger partial charge is 0.138 e. The van der Waals surface area contributed by atoms with Gasteiger partial charge in [-0.3, -0.25) is 4.68 Å². The van der Waals surface area contributed by atoms with Crippen LogP contribution in [0.15, 0.2) is 12.5 Å². The molecule has 0 amide bonds. The van der Waals surface area contributed by atoms with Crippen molar-refractivity contribution in [1.82, 2.24) is 29.7 Å². The first-order valence-electron chi connectivity index (χ1n) is 6.22. The lowest BCUT2D eigenvalue weighted by Crippen LogP contribution is -2.23. The average Bonchev–Trinajstić information content (AvgIpc) is 3.01. The Bertz CT molecular complexity index is 452. The fourth-order valence-corrected chi connectivity index (χ4v) is 2.45. The molecule has 0 radical (unpaired) electrons. The van der Waals surface area contributed by atoms with Crippen LogP contribution in [0.1, 0.15) is 37.0 Å². The van der Waals surface area contributed by atoms with Crippen LogP contribution in [0.2, 0.25) is 0 Å². The number of hydrogen-bond acceptors (Lipinski definition) is 6. The highest BCUT2D eigenvalue weighted by atomic mass is 32.1. The van der Waals surface area contributed by atoms with E-state index in [-0.39, 0.29) is 6.04 Å². The lowest BCUT2D eigenvalue weighted by molar-refractivity contribution is 0.503. The second-order valence-corrected chi connectivity index (χ2v) is 4.85. The molecule has 18 heavy (non-hydrogen) atoms. The molecule has 2 aromatic heterocycles. The molecule has 0 aliphatic rings. The van der Waals surface area contributed by atoms with Gasteiger partial charge in [0.1, 0.15) is 12.2 Å². The summed E-state index contributed by atoms with van der Waals surface area (Å²) in [6.07, 6.45) is 5.32. The maximum atomic E-state index is 4.34. The van der Waals surface area contributed by atoms with Crippen LogP contribution in [0.25, 0.3) is 0 Å². The topological polar surface area (TPSA) is 68.5 Å². The molecule has 1 atom stereocenters. The van der Waals surface area contributed by atoms with Crippen LogP contribution in [0.5, 0.6) is 0 Å². The van der Waals surface area contributed by atoms with Crippen molar-refractivity contribution in [3.63, 3.8) is 0 Å². The SMILES string of the molecule is CCCn1ncnc1CC(NCC)c1cnns1. The summed E-state index contributed by atoms with van der Waals surface area (Å²) in [5.74, 6) is 1.01. The first-order valence-corrected chi connectivity index (χ1v) is 6.99. The standard InChI is InChI=1S/C11H18N6S/c1-3-5-17-11(13-8-15-17)6-9(12-4-2)10-7-14-16-18-10/h7-9,12H,3-6H2,1-2H3. The summed E-state index contributed by atoms with van der Waals surface area (Å²) in [4.78, 5) is 5.48. The zero-order chi connectivity index (χ0) is 12.8. The van der Waals surface area contributed by atoms with Crippen molar-refractivity contribution >= 4 is 11.5 Å². The van der Waals surface area contributed by atoms with Crippen molar-refractivity contribution < 1.29 is 0 Å². The summed E-state index contributed by atoms with van der Waals surface area (Å²) in [5, 5.41) is 11.6. The molecular formula is C11H18N6S. The van der Waals surface area contributed by atoms with Gasteiger partial charge in [-0.05, 0) is 24.5 Å². The van der Waals surface area contributed by atoms with Gasteiger partial charge in [-0.1, -0.05) is 18.3 Å². The fourth-order valence-electron chi connectivity index (χ4n) is 1.88. The molecule has 98 valence electrons. The third kappa shape index (κ3) is 3.11. The first kappa shape index (κ1) is 13.1. The summed E-state index contributed by atoms with van der Waals surface area (Å²) in [5.41, 5.74) is 0. The third-order valence-electron chi connectivity index (χ3n) is 2.69. The van der Waals surface area contributed by atoms with E-state index in [9.17, 15) is 0 Å². The van der Waals surface area contributed by atoms with Crippen LogP contribution in [-0.2, 0) is 13.0 Å². The number of aromatic nitrogens is 5. The van der Waals surface area contributed by atoms with E-state index in [0.29, 0.717) is 0 Å². The van der Waals surface area contributed by atoms with Crippen molar-refractivity contribution in [3.8, 4) is 0 Å². The van der Waals surface area contributed by atoms with E-state index in [1.54, 1.807) is 6.33 Å². The molecule has 0 bridgehead atoms. The Morgan fingerprint density at radius 2 is 2.33 bits per heavy atom. The van der Waals surface area contributed by atoms with Gasteiger partial charge in [0.2, 0.25) is 0 Å². The van der Waals surface area contributed by atoms with Crippen LogP contribution in [0, 0.1) is 0 Å². The first-order chi connectivity index (χ1) is 8.85. The Morgan fingerprint density at radius 3 is 3.00 bits per heavy atom. The van der Waals surface area contributed by atoms with Crippen molar-refractivity contribution in [1.29, 1.82) is 0 Å². The van der Waals surface area contributed by atoms with Gasteiger partial charge in [0, 0.05) is 13.0 Å². The Hall–Kier alpha value is -1.34. The predicted molar refractivity (Wildman–Crippen MR) is 70.3 cm³/mol. The fraction of sp³-hybridized carbons (Fsp3) is 0.636. The van der Waals surface area contributed by atoms with E-state index in [2.05, 4.69) is 38.8 Å². The van der Waals surface area contributed by atoms with E-state index >= 15 is 0 Å². The second kappa shape index (κ2) is 6.55. The molecule has 0 aliphatic heterocycles. The van der Waals surface area contributed by atoms with Crippen LogP contribution < -0.4 is 5.32 Å². The Balaban J connectivity index is 2.11. The van der Waals surface area contributed by atoms with E-state index in [4.69, 9.17) is 0 Å². The Labute approximate surface area is 111 Å². The number of aryl methyl sites for hydroxylation is 1. The summed E-state index contributed by atoms with van der Waals surface area (Å²) in [7, 11) is 0. The van der Waals surface area contributed by atoms with Crippen molar-refractivity contribution in [2.75, 3.05) is 6.54 Å². The highest BCUT2D eigenvalue weighted by Gasteiger charge is 2.16. The maximum absolute atomic E-state index is 4.34. The van der Waals surface area contributed by atoms with Gasteiger partial charge in [-0.15, -0.1) is 5.10 Å². The molecule has 6 nitrogen and oxygen atoms in total. The van der Waals surface area contributed by atoms with Gasteiger partial charge in [0.25, 0.3) is 0 Å². The maximum Gasteiger partial charge on any atom is 0.138 e. The Morgan fingerprint density at radius 1 is 1.44 bits per heavy atom. The average molecular weight is 266 g/mol. The minimum absolute atomic E-state index is 0.217. The summed E-state index contributed by atoms with van der Waals surface area (Å²) < 4.78 is 5.89. The minimum Gasteiger partial charge on any atom is -0.309 e. The van der Waals surface area contributed by atoms with Gasteiger partial charge < -0.3 is 5.32 Å². The Kier molecular flexibility index (Phi) is 4.77. The van der Waals surface area contributed by atoms with Gasteiger partial charge in [0.05, 0.1) is 17.1 Å². The zero-order valence-corrected chi connectivity index (χ0v) is 11.5. The molecule has 7 heteroatoms. The van der Waals surface area contributed by atoms with Gasteiger partial charge >= 0.3 is 0 Å². The molecular weight excluding hydrogens is 248 g/mol. The van der Waals surface area contributed by atoms with E-state index < -0.39 is 0 Å². The molecule has 0 saturated carbocycles. The van der Waals surface area contributed by atoms with E-state index in [0.717, 1.165) is 36.6 Å². The van der Waals surface area contributed by atoms with Crippen molar-refractivity contribution in [2.24, 2.45) is 0 Å². The highest BCUT2D eigenvalue weighted by molar-refractivity contribution is 7.05. The summed E-state index contributed by atoms with van der Waals surface area (Å²) in [6, 6.07) is 0.217. The predicted octanol–water partition coefficient (Wildman–Crippen LogP) is 1.43. The molecule has 0 aliphatic carbocycles. The van der Waals surface area contributed by atoms with Crippen LogP contribution in [0.4, 0.5) is 0 Å². The van der Waals surface area contributed by atoms with Gasteiger partial charge in [0.15, 0.2) is 0 Å². The van der Waals surface area contributed by atoms with Crippen molar-refractivity contribution in [2.45, 2.75) is 39.3 Å². The lowest BCUT2D eigenvalue weighted by atomic mass is 10.1. The molecule has 0 fully saturated rings. The van der Waals surface area contributed by atoms with Crippen LogP contribution in [0.3, 0.4) is 0 Å². The van der Waals surface area contributed by atoms with Crippen molar-refractivity contribution in [3.05, 3.63) is 23.2 Å². The molecule has 1 unspecified atom stereocenters. The summed E-state index contributed by atoms with van der Waals surface area (Å²) >= 11 is 1.43. The largest absolute Gasteiger partial charge is 0.309 e. The molecule has 2 rings (SSSR count). The molecule has 0 aromatic carbocycles. The van der Waals surface area contributed by atoms with E-state index in [1.807, 2.05) is 10.9 Å². The van der Waals surface area contributed by atoms with E-state index in [1.165, 1.54) is 11.5 Å². The number of rotatable bonds is 7. The molecule has 0 saturated heterocycles. The van der Waals surface area contributed by atoms with Crippen LogP contribution in [-0.4, -0.2) is 30.9 Å². The van der Waals surface area contributed by atoms with Gasteiger partial charge in [-0.25, -0.2) is 4.98 Å². The number of nitrogens with zero attached hydrogens (tertiary/aromatic N) is 5. The monoisotopic (exact) mass is 266 g/mol. The number of nitrogens with one attached hydrogen (secondary N) is 1. The third-order valence-corrected chi connectivity index (χ3v) is 3.47. The lowest BCUT2D eigenvalue weighted by Gasteiger charge is -2.15. The number of hydrogen-bond donors (Lipinski definition) is 1. The normalized spacial score (nSPS) is 12.8. The molecule has 2 aromatic rings. The minimum atomic E-state index is 0.217. The quantitative estimate of drug-likeness (QED) is 0.821. The molecule has 2 heterocycles. The second-order valence-electron chi connectivity index (χ2n) is 4.03. The molecule has 0 spiro atoms. The zero-order valence-electron chi connectivity index (χ0n) is 10.7. The summed E-state index contributed by atoms with van der Waals surface area (Å²) in [6.45, 7) is 6.05. The van der Waals surface area contributed by atoms with Gasteiger partial charge in [-0.2, -0.15) is 5.10 Å². The number of likely N-dealkylation sites (N-methyl/N-ethyl adjacent to an activating group) is 1.